The molecule has 1 rings (SSSR count). The molecule has 1 nitrogen and oxygen atoms in total. The van der Waals surface area contributed by atoms with Crippen LogP contribution in [0.4, 0.5) is 0 Å². The molecular formula is C14H20O. The zero-order valence-corrected chi connectivity index (χ0v) is 10.6. The molecule has 1 heteroatoms. The van der Waals surface area contributed by atoms with E-state index in [1.165, 1.54) is 11.1 Å². The van der Waals surface area contributed by atoms with E-state index in [0.717, 1.165) is 11.1 Å². The summed E-state index contributed by atoms with van der Waals surface area (Å²) in [7, 11) is 0. The molecule has 15 heavy (non-hydrogen) atoms. The lowest BCUT2D eigenvalue weighted by Gasteiger charge is -2.23. The molecular weight excluding hydrogens is 184 g/mol. The number of ketones is 1. The Hall–Kier alpha value is -1.11. The minimum absolute atomic E-state index is 0.0992. The van der Waals surface area contributed by atoms with Crippen molar-refractivity contribution in [1.29, 1.82) is 0 Å². The molecule has 0 N–H and O–H groups in total. The molecule has 0 aliphatic heterocycles. The van der Waals surface area contributed by atoms with Crippen LogP contribution in [0.5, 0.6) is 0 Å². The van der Waals surface area contributed by atoms with Gasteiger partial charge in [0, 0.05) is 5.56 Å². The molecule has 0 aromatic heterocycles. The highest BCUT2D eigenvalue weighted by atomic mass is 16.1. The lowest BCUT2D eigenvalue weighted by Crippen LogP contribution is -2.14. The number of Topliss-reactive ketones (excluding diaryl/α,β-unsaturated/α-hetero) is 1. The van der Waals surface area contributed by atoms with Gasteiger partial charge in [-0.3, -0.25) is 4.79 Å². The number of hydrogen-bond donors (Lipinski definition) is 0. The lowest BCUT2D eigenvalue weighted by molar-refractivity contribution is 0.101. The molecule has 0 amide bonds. The van der Waals surface area contributed by atoms with Gasteiger partial charge in [0.15, 0.2) is 5.78 Å². The first kappa shape index (κ1) is 12.0. The Morgan fingerprint density at radius 1 is 1.07 bits per heavy atom. The van der Waals surface area contributed by atoms with Gasteiger partial charge in [0.05, 0.1) is 0 Å². The second-order valence-corrected chi connectivity index (χ2v) is 5.29. The highest BCUT2D eigenvalue weighted by Crippen LogP contribution is 2.28. The van der Waals surface area contributed by atoms with Gasteiger partial charge in [0.25, 0.3) is 0 Å². The summed E-state index contributed by atoms with van der Waals surface area (Å²) in [5.74, 6) is 0.151. The number of hydrogen-bond acceptors (Lipinski definition) is 1. The third-order valence-corrected chi connectivity index (χ3v) is 2.76. The van der Waals surface area contributed by atoms with Crippen LogP contribution in [-0.2, 0) is 5.41 Å². The van der Waals surface area contributed by atoms with E-state index in [4.69, 9.17) is 0 Å². The largest absolute Gasteiger partial charge is 0.295 e. The van der Waals surface area contributed by atoms with Crippen molar-refractivity contribution in [3.63, 3.8) is 0 Å². The van der Waals surface area contributed by atoms with Gasteiger partial charge in [-0.1, -0.05) is 26.8 Å². The maximum absolute atomic E-state index is 11.5. The molecule has 0 unspecified atom stereocenters. The topological polar surface area (TPSA) is 17.1 Å². The highest BCUT2D eigenvalue weighted by Gasteiger charge is 2.18. The van der Waals surface area contributed by atoms with Gasteiger partial charge in [0.2, 0.25) is 0 Å². The molecule has 0 bridgehead atoms. The quantitative estimate of drug-likeness (QED) is 0.636. The number of carbonyl (C=O) groups excluding carboxylic acids is 1. The fourth-order valence-electron chi connectivity index (χ4n) is 2.04. The third kappa shape index (κ3) is 2.47. The maximum atomic E-state index is 11.5. The van der Waals surface area contributed by atoms with Crippen LogP contribution < -0.4 is 0 Å². The second kappa shape index (κ2) is 3.80. The lowest BCUT2D eigenvalue weighted by atomic mass is 9.82. The average molecular weight is 204 g/mol. The van der Waals surface area contributed by atoms with Gasteiger partial charge in [-0.2, -0.15) is 0 Å². The van der Waals surface area contributed by atoms with Crippen molar-refractivity contribution in [1.82, 2.24) is 0 Å². The minimum atomic E-state index is 0.0992. The monoisotopic (exact) mass is 204 g/mol. The van der Waals surface area contributed by atoms with Gasteiger partial charge in [0.1, 0.15) is 0 Å². The summed E-state index contributed by atoms with van der Waals surface area (Å²) in [4.78, 5) is 11.5. The summed E-state index contributed by atoms with van der Waals surface area (Å²) in [6.07, 6.45) is 0. The molecule has 0 heterocycles. The number of aryl methyl sites for hydroxylation is 2. The van der Waals surface area contributed by atoms with E-state index in [9.17, 15) is 4.79 Å². The average Bonchev–Trinajstić information content (AvgIpc) is 2.00. The fourth-order valence-corrected chi connectivity index (χ4v) is 2.04. The maximum Gasteiger partial charge on any atom is 0.160 e. The van der Waals surface area contributed by atoms with Crippen LogP contribution in [-0.4, -0.2) is 5.78 Å². The molecule has 0 radical (unpaired) electrons. The van der Waals surface area contributed by atoms with Crippen LogP contribution in [0.25, 0.3) is 0 Å². The first-order valence-electron chi connectivity index (χ1n) is 5.36. The van der Waals surface area contributed by atoms with Crippen molar-refractivity contribution < 1.29 is 4.79 Å². The molecule has 1 aromatic rings. The van der Waals surface area contributed by atoms with Crippen LogP contribution in [0.15, 0.2) is 12.1 Å². The molecule has 1 aromatic carbocycles. The third-order valence-electron chi connectivity index (χ3n) is 2.76. The second-order valence-electron chi connectivity index (χ2n) is 5.29. The summed E-state index contributed by atoms with van der Waals surface area (Å²) in [6.45, 7) is 12.3. The molecule has 0 atom stereocenters. The molecule has 0 spiro atoms. The Morgan fingerprint density at radius 3 is 2.00 bits per heavy atom. The fraction of sp³-hybridized carbons (Fsp3) is 0.500. The first-order chi connectivity index (χ1) is 6.73. The van der Waals surface area contributed by atoms with Crippen molar-refractivity contribution in [3.8, 4) is 0 Å². The van der Waals surface area contributed by atoms with Crippen LogP contribution in [0.2, 0.25) is 0 Å². The number of carbonyl (C=O) groups is 1. The van der Waals surface area contributed by atoms with E-state index in [0.29, 0.717) is 0 Å². The Bertz CT molecular complexity index is 395. The van der Waals surface area contributed by atoms with E-state index >= 15 is 0 Å². The zero-order chi connectivity index (χ0) is 11.8. The van der Waals surface area contributed by atoms with Crippen LogP contribution >= 0.6 is 0 Å². The zero-order valence-electron chi connectivity index (χ0n) is 10.6. The van der Waals surface area contributed by atoms with E-state index in [-0.39, 0.29) is 11.2 Å². The summed E-state index contributed by atoms with van der Waals surface area (Å²) >= 11 is 0. The van der Waals surface area contributed by atoms with Crippen molar-refractivity contribution in [2.75, 3.05) is 0 Å². The van der Waals surface area contributed by atoms with Crippen molar-refractivity contribution in [2.24, 2.45) is 0 Å². The Balaban J connectivity index is 3.43. The molecule has 0 aliphatic rings. The molecule has 0 aliphatic carbocycles. The number of rotatable bonds is 1. The van der Waals surface area contributed by atoms with Crippen molar-refractivity contribution >= 4 is 5.78 Å². The number of benzene rings is 1. The minimum Gasteiger partial charge on any atom is -0.295 e. The summed E-state index contributed by atoms with van der Waals surface area (Å²) in [5.41, 5.74) is 4.56. The van der Waals surface area contributed by atoms with Crippen molar-refractivity contribution in [2.45, 2.75) is 47.0 Å². The van der Waals surface area contributed by atoms with Gasteiger partial charge >= 0.3 is 0 Å². The normalized spacial score (nSPS) is 11.6. The SMILES string of the molecule is CC(=O)c1cc(C(C)(C)C)c(C)cc1C. The van der Waals surface area contributed by atoms with Gasteiger partial charge < -0.3 is 0 Å². The summed E-state index contributed by atoms with van der Waals surface area (Å²) in [5, 5.41) is 0. The van der Waals surface area contributed by atoms with Crippen molar-refractivity contribution in [3.05, 3.63) is 34.4 Å². The molecule has 0 fully saturated rings. The van der Waals surface area contributed by atoms with E-state index in [2.05, 4.69) is 33.8 Å². The van der Waals surface area contributed by atoms with Gasteiger partial charge in [-0.25, -0.2) is 0 Å². The predicted molar refractivity (Wildman–Crippen MR) is 64.6 cm³/mol. The molecule has 82 valence electrons. The van der Waals surface area contributed by atoms with Crippen LogP contribution in [0, 0.1) is 13.8 Å². The van der Waals surface area contributed by atoms with Gasteiger partial charge in [-0.15, -0.1) is 0 Å². The predicted octanol–water partition coefficient (Wildman–Crippen LogP) is 3.80. The Morgan fingerprint density at radius 2 is 1.60 bits per heavy atom. The Labute approximate surface area is 92.5 Å². The smallest absolute Gasteiger partial charge is 0.160 e. The summed E-state index contributed by atoms with van der Waals surface area (Å²) in [6, 6.07) is 4.16. The van der Waals surface area contributed by atoms with E-state index in [1.807, 2.05) is 13.0 Å². The standard InChI is InChI=1S/C14H20O/c1-9-7-10(2)13(14(4,5)6)8-12(9)11(3)15/h7-8H,1-6H3. The van der Waals surface area contributed by atoms with E-state index < -0.39 is 0 Å². The Kier molecular flexibility index (Phi) is 3.03. The van der Waals surface area contributed by atoms with Gasteiger partial charge in [-0.05, 0) is 48.9 Å². The highest BCUT2D eigenvalue weighted by molar-refractivity contribution is 5.95. The summed E-state index contributed by atoms with van der Waals surface area (Å²) < 4.78 is 0. The van der Waals surface area contributed by atoms with Crippen LogP contribution in [0.1, 0.15) is 54.7 Å². The molecule has 0 saturated carbocycles. The van der Waals surface area contributed by atoms with E-state index in [1.54, 1.807) is 6.92 Å². The van der Waals surface area contributed by atoms with Crippen LogP contribution in [0.3, 0.4) is 0 Å². The first-order valence-corrected chi connectivity index (χ1v) is 5.36. The molecule has 0 saturated heterocycles.